The van der Waals surface area contributed by atoms with Crippen molar-refractivity contribution < 1.29 is 4.74 Å². The summed E-state index contributed by atoms with van der Waals surface area (Å²) in [5, 5.41) is 1.92. The molecule has 0 atom stereocenters. The van der Waals surface area contributed by atoms with Crippen molar-refractivity contribution >= 4 is 17.0 Å². The van der Waals surface area contributed by atoms with Crippen molar-refractivity contribution in [3.63, 3.8) is 0 Å². The molecule has 2 rings (SSSR count). The average molecular weight is 206 g/mol. The lowest BCUT2D eigenvalue weighted by atomic mass is 10.2. The highest BCUT2D eigenvalue weighted by atomic mass is 32.1. The molecule has 0 bridgehead atoms. The molecule has 2 N–H and O–H groups in total. The Hall–Kier alpha value is -1.55. The zero-order valence-corrected chi connectivity index (χ0v) is 8.54. The number of ether oxygens (including phenoxy) is 1. The molecule has 0 unspecified atom stereocenters. The highest BCUT2D eigenvalue weighted by Gasteiger charge is 2.02. The highest BCUT2D eigenvalue weighted by Crippen LogP contribution is 2.29. The zero-order chi connectivity index (χ0) is 9.97. The lowest BCUT2D eigenvalue weighted by Crippen LogP contribution is -1.86. The predicted molar refractivity (Wildman–Crippen MR) is 58.5 cm³/mol. The van der Waals surface area contributed by atoms with Gasteiger partial charge in [0.05, 0.1) is 7.11 Å². The number of hydrogen-bond acceptors (Lipinski definition) is 4. The lowest BCUT2D eigenvalue weighted by Gasteiger charge is -2.00. The molecule has 2 heterocycles. The molecule has 4 heteroatoms. The molecule has 72 valence electrons. The van der Waals surface area contributed by atoms with Crippen LogP contribution in [0.5, 0.6) is 5.88 Å². The Balaban J connectivity index is 2.41. The number of anilines is 1. The minimum absolute atomic E-state index is 0.620. The third-order valence-corrected chi connectivity index (χ3v) is 2.85. The standard InChI is InChI=1S/C10H10N2OS/c1-13-10-4-7(2-3-12-10)9-5-8(11)6-14-9/h2-6H,11H2,1H3. The van der Waals surface area contributed by atoms with Crippen LogP contribution in [0.3, 0.4) is 0 Å². The molecule has 0 radical (unpaired) electrons. The smallest absolute Gasteiger partial charge is 0.213 e. The van der Waals surface area contributed by atoms with Gasteiger partial charge in [-0.2, -0.15) is 0 Å². The van der Waals surface area contributed by atoms with Crippen LogP contribution >= 0.6 is 11.3 Å². The van der Waals surface area contributed by atoms with Gasteiger partial charge in [0.1, 0.15) is 0 Å². The fourth-order valence-electron chi connectivity index (χ4n) is 1.18. The van der Waals surface area contributed by atoms with Gasteiger partial charge in [0.2, 0.25) is 5.88 Å². The molecule has 0 amide bonds. The van der Waals surface area contributed by atoms with Gasteiger partial charge in [0.25, 0.3) is 0 Å². The number of nitrogens with zero attached hydrogens (tertiary/aromatic N) is 1. The maximum Gasteiger partial charge on any atom is 0.213 e. The number of rotatable bonds is 2. The number of thiophene rings is 1. The summed E-state index contributed by atoms with van der Waals surface area (Å²) in [5.41, 5.74) is 7.52. The molecular formula is C10H10N2OS. The van der Waals surface area contributed by atoms with Gasteiger partial charge in [0.15, 0.2) is 0 Å². The molecule has 0 fully saturated rings. The number of nitrogen functional groups attached to an aromatic ring is 1. The van der Waals surface area contributed by atoms with Crippen LogP contribution in [0, 0.1) is 0 Å². The maximum absolute atomic E-state index is 5.65. The largest absolute Gasteiger partial charge is 0.481 e. The van der Waals surface area contributed by atoms with Crippen LogP contribution in [0.2, 0.25) is 0 Å². The van der Waals surface area contributed by atoms with E-state index >= 15 is 0 Å². The first-order chi connectivity index (χ1) is 6.79. The van der Waals surface area contributed by atoms with Gasteiger partial charge >= 0.3 is 0 Å². The minimum Gasteiger partial charge on any atom is -0.481 e. The van der Waals surface area contributed by atoms with Crippen LogP contribution in [0.1, 0.15) is 0 Å². The highest BCUT2D eigenvalue weighted by molar-refractivity contribution is 7.14. The van der Waals surface area contributed by atoms with Gasteiger partial charge in [-0.3, -0.25) is 0 Å². The minimum atomic E-state index is 0.620. The van der Waals surface area contributed by atoms with Crippen LogP contribution in [-0.2, 0) is 0 Å². The van der Waals surface area contributed by atoms with Gasteiger partial charge in [-0.1, -0.05) is 0 Å². The topological polar surface area (TPSA) is 48.1 Å². The second-order valence-electron chi connectivity index (χ2n) is 2.83. The number of aromatic nitrogens is 1. The third kappa shape index (κ3) is 1.70. The fraction of sp³-hybridized carbons (Fsp3) is 0.100. The summed E-state index contributed by atoms with van der Waals surface area (Å²) in [7, 11) is 1.61. The molecule has 0 saturated heterocycles. The molecule has 0 saturated carbocycles. The Morgan fingerprint density at radius 2 is 2.29 bits per heavy atom. The number of nitrogens with two attached hydrogens (primary N) is 1. The Morgan fingerprint density at radius 1 is 1.43 bits per heavy atom. The summed E-state index contributed by atoms with van der Waals surface area (Å²) in [4.78, 5) is 5.17. The molecule has 0 aromatic carbocycles. The lowest BCUT2D eigenvalue weighted by molar-refractivity contribution is 0.398. The second kappa shape index (κ2) is 3.67. The van der Waals surface area contributed by atoms with Gasteiger partial charge in [-0.15, -0.1) is 11.3 Å². The summed E-state index contributed by atoms with van der Waals surface area (Å²) in [6.07, 6.45) is 1.73. The first-order valence-corrected chi connectivity index (χ1v) is 5.02. The Morgan fingerprint density at radius 3 is 2.93 bits per heavy atom. The van der Waals surface area contributed by atoms with E-state index in [0.29, 0.717) is 5.88 Å². The number of pyridine rings is 1. The summed E-state index contributed by atoms with van der Waals surface area (Å²) in [6, 6.07) is 5.78. The Bertz CT molecular complexity index is 439. The van der Waals surface area contributed by atoms with Gasteiger partial charge in [-0.25, -0.2) is 4.98 Å². The van der Waals surface area contributed by atoms with E-state index in [-0.39, 0.29) is 0 Å². The van der Waals surface area contributed by atoms with Crippen molar-refractivity contribution in [2.24, 2.45) is 0 Å². The molecule has 2 aromatic heterocycles. The van der Waals surface area contributed by atoms with Crippen LogP contribution < -0.4 is 10.5 Å². The van der Waals surface area contributed by atoms with Gasteiger partial charge in [0, 0.05) is 28.2 Å². The van der Waals surface area contributed by atoms with E-state index < -0.39 is 0 Å². The van der Waals surface area contributed by atoms with Crippen molar-refractivity contribution in [3.05, 3.63) is 29.8 Å². The summed E-state index contributed by atoms with van der Waals surface area (Å²) in [6.45, 7) is 0. The van der Waals surface area contributed by atoms with Crippen molar-refractivity contribution in [3.8, 4) is 16.3 Å². The van der Waals surface area contributed by atoms with Crippen molar-refractivity contribution in [1.82, 2.24) is 4.98 Å². The van der Waals surface area contributed by atoms with E-state index in [9.17, 15) is 0 Å². The Labute approximate surface area is 86.2 Å². The molecule has 0 spiro atoms. The maximum atomic E-state index is 5.65. The van der Waals surface area contributed by atoms with E-state index in [2.05, 4.69) is 4.98 Å². The van der Waals surface area contributed by atoms with Crippen LogP contribution in [0.4, 0.5) is 5.69 Å². The third-order valence-electron chi connectivity index (χ3n) is 1.85. The quantitative estimate of drug-likeness (QED) is 0.820. The summed E-state index contributed by atoms with van der Waals surface area (Å²) >= 11 is 1.61. The summed E-state index contributed by atoms with van der Waals surface area (Å²) < 4.78 is 5.05. The van der Waals surface area contributed by atoms with Gasteiger partial charge < -0.3 is 10.5 Å². The molecular weight excluding hydrogens is 196 g/mol. The first kappa shape index (κ1) is 9.02. The van der Waals surface area contributed by atoms with Crippen LogP contribution in [0.15, 0.2) is 29.8 Å². The fourth-order valence-corrected chi connectivity index (χ4v) is 1.97. The first-order valence-electron chi connectivity index (χ1n) is 4.14. The predicted octanol–water partition coefficient (Wildman–Crippen LogP) is 2.40. The van der Waals surface area contributed by atoms with E-state index in [4.69, 9.17) is 10.5 Å². The molecule has 2 aromatic rings. The zero-order valence-electron chi connectivity index (χ0n) is 7.73. The van der Waals surface area contributed by atoms with E-state index in [1.165, 1.54) is 0 Å². The van der Waals surface area contributed by atoms with Crippen molar-refractivity contribution in [2.75, 3.05) is 12.8 Å². The monoisotopic (exact) mass is 206 g/mol. The van der Waals surface area contributed by atoms with Crippen LogP contribution in [0.25, 0.3) is 10.4 Å². The molecule has 0 aliphatic heterocycles. The van der Waals surface area contributed by atoms with E-state index in [1.54, 1.807) is 24.6 Å². The molecule has 0 aliphatic rings. The van der Waals surface area contributed by atoms with E-state index in [0.717, 1.165) is 16.1 Å². The van der Waals surface area contributed by atoms with Crippen molar-refractivity contribution in [2.45, 2.75) is 0 Å². The van der Waals surface area contributed by atoms with Crippen LogP contribution in [-0.4, -0.2) is 12.1 Å². The van der Waals surface area contributed by atoms with Crippen molar-refractivity contribution in [1.29, 1.82) is 0 Å². The average Bonchev–Trinajstić information content (AvgIpc) is 2.65. The number of hydrogen-bond donors (Lipinski definition) is 1. The molecule has 0 aliphatic carbocycles. The Kier molecular flexibility index (Phi) is 2.37. The van der Waals surface area contributed by atoms with Gasteiger partial charge in [-0.05, 0) is 17.7 Å². The second-order valence-corrected chi connectivity index (χ2v) is 3.74. The molecule has 14 heavy (non-hydrogen) atoms. The van der Waals surface area contributed by atoms with E-state index in [1.807, 2.05) is 23.6 Å². The normalized spacial score (nSPS) is 10.1. The summed E-state index contributed by atoms with van der Waals surface area (Å²) in [5.74, 6) is 0.620. The number of methoxy groups -OCH3 is 1. The molecule has 3 nitrogen and oxygen atoms in total. The SMILES string of the molecule is COc1cc(-c2cc(N)cs2)ccn1.